The average Bonchev–Trinajstić information content (AvgIpc) is 3.37. The molecule has 1 atom stereocenters. The largest absolute Gasteiger partial charge is 0.467 e. The van der Waals surface area contributed by atoms with Crippen LogP contribution in [0.5, 0.6) is 0 Å². The number of amides is 1. The lowest BCUT2D eigenvalue weighted by Gasteiger charge is -2.20. The summed E-state index contributed by atoms with van der Waals surface area (Å²) >= 11 is 0. The fourth-order valence-electron chi connectivity index (χ4n) is 3.35. The molecule has 1 aromatic heterocycles. The lowest BCUT2D eigenvalue weighted by Crippen LogP contribution is -2.26. The number of furan rings is 1. The van der Waals surface area contributed by atoms with Gasteiger partial charge in [-0.2, -0.15) is 5.10 Å². The normalized spacial score (nSPS) is 16.4. The number of benzene rings is 2. The Balaban J connectivity index is 1.65. The van der Waals surface area contributed by atoms with Gasteiger partial charge < -0.3 is 4.42 Å². The minimum absolute atomic E-state index is 0.207. The molecule has 0 aliphatic carbocycles. The third kappa shape index (κ3) is 4.28. The molecule has 1 N–H and O–H groups in total. The highest BCUT2D eigenvalue weighted by Crippen LogP contribution is 2.34. The molecule has 4 rings (SSSR count). The van der Waals surface area contributed by atoms with Crippen molar-refractivity contribution in [3.8, 4) is 0 Å². The van der Waals surface area contributed by atoms with E-state index >= 15 is 0 Å². The molecule has 2 aromatic carbocycles. The summed E-state index contributed by atoms with van der Waals surface area (Å²) in [6.45, 7) is 1.97. The maximum absolute atomic E-state index is 13.2. The molecular formula is C22H21N3O4S. The molecule has 30 heavy (non-hydrogen) atoms. The lowest BCUT2D eigenvalue weighted by atomic mass is 10.0. The van der Waals surface area contributed by atoms with Gasteiger partial charge in [-0.1, -0.05) is 29.8 Å². The molecule has 0 bridgehead atoms. The van der Waals surface area contributed by atoms with Crippen molar-refractivity contribution in [3.63, 3.8) is 0 Å². The van der Waals surface area contributed by atoms with Crippen molar-refractivity contribution >= 4 is 27.3 Å². The van der Waals surface area contributed by atoms with Gasteiger partial charge in [0.05, 0.1) is 18.2 Å². The van der Waals surface area contributed by atoms with Crippen LogP contribution in [0.3, 0.4) is 0 Å². The molecule has 154 valence electrons. The quantitative estimate of drug-likeness (QED) is 0.673. The summed E-state index contributed by atoms with van der Waals surface area (Å²) in [6.07, 6.45) is 3.17. The van der Waals surface area contributed by atoms with E-state index in [2.05, 4.69) is 9.82 Å². The number of hydrogen-bond acceptors (Lipinski definition) is 5. The Bertz CT molecular complexity index is 1180. The van der Waals surface area contributed by atoms with E-state index in [1.165, 1.54) is 5.01 Å². The van der Waals surface area contributed by atoms with Crippen LogP contribution in [-0.4, -0.2) is 31.3 Å². The second-order valence-electron chi connectivity index (χ2n) is 7.25. The second-order valence-corrected chi connectivity index (χ2v) is 9.00. The van der Waals surface area contributed by atoms with E-state index in [0.29, 0.717) is 23.4 Å². The smallest absolute Gasteiger partial charge is 0.274 e. The standard InChI is InChI=1S/C22H21N3O4S/c1-15-5-7-17(8-6-15)22(26)25-20(21-4-3-13-29-21)14-19(23-25)16-9-11-18(12-10-16)24-30(2,27)28/h3-13,20,24H,14H2,1-2H3. The van der Waals surface area contributed by atoms with Gasteiger partial charge in [-0.05, 0) is 48.9 Å². The highest BCUT2D eigenvalue weighted by molar-refractivity contribution is 7.92. The van der Waals surface area contributed by atoms with Crippen molar-refractivity contribution in [2.24, 2.45) is 5.10 Å². The van der Waals surface area contributed by atoms with Gasteiger partial charge in [-0.25, -0.2) is 13.4 Å². The van der Waals surface area contributed by atoms with Gasteiger partial charge in [0.1, 0.15) is 11.8 Å². The van der Waals surface area contributed by atoms with Crippen LogP contribution in [0.2, 0.25) is 0 Å². The van der Waals surface area contributed by atoms with Crippen LogP contribution in [0.25, 0.3) is 0 Å². The number of anilines is 1. The van der Waals surface area contributed by atoms with E-state index in [-0.39, 0.29) is 11.9 Å². The molecule has 1 amide bonds. The summed E-state index contributed by atoms with van der Waals surface area (Å²) in [4.78, 5) is 13.2. The van der Waals surface area contributed by atoms with Crippen molar-refractivity contribution in [2.75, 3.05) is 11.0 Å². The maximum Gasteiger partial charge on any atom is 0.274 e. The van der Waals surface area contributed by atoms with Gasteiger partial charge in [0.2, 0.25) is 10.0 Å². The molecule has 0 fully saturated rings. The fourth-order valence-corrected chi connectivity index (χ4v) is 3.91. The summed E-state index contributed by atoms with van der Waals surface area (Å²) in [7, 11) is -3.35. The Morgan fingerprint density at radius 1 is 1.10 bits per heavy atom. The molecule has 8 heteroatoms. The third-order valence-corrected chi connectivity index (χ3v) is 5.42. The van der Waals surface area contributed by atoms with Crippen LogP contribution in [0, 0.1) is 6.92 Å². The van der Waals surface area contributed by atoms with Crippen LogP contribution in [0.15, 0.2) is 76.4 Å². The molecule has 1 unspecified atom stereocenters. The van der Waals surface area contributed by atoms with Gasteiger partial charge >= 0.3 is 0 Å². The topological polar surface area (TPSA) is 92.0 Å². The van der Waals surface area contributed by atoms with Crippen molar-refractivity contribution in [1.29, 1.82) is 0 Å². The lowest BCUT2D eigenvalue weighted by molar-refractivity contribution is 0.0693. The molecule has 0 saturated carbocycles. The third-order valence-electron chi connectivity index (χ3n) is 4.81. The second kappa shape index (κ2) is 7.79. The van der Waals surface area contributed by atoms with Gasteiger partial charge in [-0.15, -0.1) is 0 Å². The predicted octanol–water partition coefficient (Wildman–Crippen LogP) is 3.95. The number of hydrogen-bond donors (Lipinski definition) is 1. The molecule has 3 aromatic rings. The van der Waals surface area contributed by atoms with E-state index in [0.717, 1.165) is 23.1 Å². The number of rotatable bonds is 5. The van der Waals surface area contributed by atoms with Crippen molar-refractivity contribution in [2.45, 2.75) is 19.4 Å². The maximum atomic E-state index is 13.2. The van der Waals surface area contributed by atoms with Crippen LogP contribution < -0.4 is 4.72 Å². The van der Waals surface area contributed by atoms with E-state index < -0.39 is 10.0 Å². The van der Waals surface area contributed by atoms with Crippen LogP contribution in [0.4, 0.5) is 5.69 Å². The van der Waals surface area contributed by atoms with Crippen LogP contribution in [-0.2, 0) is 10.0 Å². The van der Waals surface area contributed by atoms with E-state index in [9.17, 15) is 13.2 Å². The zero-order chi connectivity index (χ0) is 21.3. The molecule has 1 aliphatic rings. The highest BCUT2D eigenvalue weighted by Gasteiger charge is 2.35. The van der Waals surface area contributed by atoms with Gasteiger partial charge in [0.25, 0.3) is 5.91 Å². The minimum Gasteiger partial charge on any atom is -0.467 e. The van der Waals surface area contributed by atoms with E-state index in [4.69, 9.17) is 4.42 Å². The van der Waals surface area contributed by atoms with Gasteiger partial charge in [-0.3, -0.25) is 9.52 Å². The molecule has 0 spiro atoms. The van der Waals surface area contributed by atoms with E-state index in [1.807, 2.05) is 25.1 Å². The molecular weight excluding hydrogens is 402 g/mol. The SMILES string of the molecule is Cc1ccc(C(=O)N2N=C(c3ccc(NS(C)(=O)=O)cc3)CC2c2ccco2)cc1. The summed E-state index contributed by atoms with van der Waals surface area (Å²) < 4.78 is 30.8. The number of nitrogens with zero attached hydrogens (tertiary/aromatic N) is 2. The first kappa shape index (κ1) is 19.9. The number of carbonyl (C=O) groups is 1. The minimum atomic E-state index is -3.35. The number of carbonyl (C=O) groups excluding carboxylic acids is 1. The van der Waals surface area contributed by atoms with Gasteiger partial charge in [0.15, 0.2) is 0 Å². The first-order valence-electron chi connectivity index (χ1n) is 9.39. The Morgan fingerprint density at radius 2 is 1.80 bits per heavy atom. The molecule has 1 aliphatic heterocycles. The Kier molecular flexibility index (Phi) is 5.17. The average molecular weight is 423 g/mol. The van der Waals surface area contributed by atoms with Crippen molar-refractivity contribution < 1.29 is 17.6 Å². The molecule has 2 heterocycles. The predicted molar refractivity (Wildman–Crippen MR) is 115 cm³/mol. The number of nitrogens with one attached hydrogen (secondary N) is 1. The number of sulfonamides is 1. The number of hydrazone groups is 1. The molecule has 0 saturated heterocycles. The molecule has 7 nitrogen and oxygen atoms in total. The summed E-state index contributed by atoms with van der Waals surface area (Å²) in [5.41, 5.74) is 3.62. The monoisotopic (exact) mass is 423 g/mol. The first-order chi connectivity index (χ1) is 14.3. The first-order valence-corrected chi connectivity index (χ1v) is 11.3. The Morgan fingerprint density at radius 3 is 2.40 bits per heavy atom. The van der Waals surface area contributed by atoms with Crippen LogP contribution in [0.1, 0.15) is 39.7 Å². The van der Waals surface area contributed by atoms with Crippen LogP contribution >= 0.6 is 0 Å². The van der Waals surface area contributed by atoms with Crippen molar-refractivity contribution in [3.05, 3.63) is 89.4 Å². The zero-order valence-corrected chi connectivity index (χ0v) is 17.4. The summed E-state index contributed by atoms with van der Waals surface area (Å²) in [5, 5.41) is 6.06. The molecule has 0 radical (unpaired) electrons. The van der Waals surface area contributed by atoms with E-state index in [1.54, 1.807) is 48.7 Å². The number of aryl methyl sites for hydroxylation is 1. The van der Waals surface area contributed by atoms with Gasteiger partial charge in [0, 0.05) is 17.7 Å². The fraction of sp³-hybridized carbons (Fsp3) is 0.182. The zero-order valence-electron chi connectivity index (χ0n) is 16.6. The van der Waals surface area contributed by atoms with Crippen molar-refractivity contribution in [1.82, 2.24) is 5.01 Å². The highest BCUT2D eigenvalue weighted by atomic mass is 32.2. The Labute approximate surface area is 175 Å². The summed E-state index contributed by atoms with van der Waals surface area (Å²) in [6, 6.07) is 17.5. The summed E-state index contributed by atoms with van der Waals surface area (Å²) in [5.74, 6) is 0.450. The Hall–Kier alpha value is -3.39.